The molecule has 2 heterocycles. The molecule has 0 fully saturated rings. The van der Waals surface area contributed by atoms with Crippen LogP contribution in [0.15, 0.2) is 35.2 Å². The lowest BCUT2D eigenvalue weighted by Crippen LogP contribution is -2.22. The number of carbonyl (C=O) groups excluding carboxylic acids is 1. The Morgan fingerprint density at radius 1 is 1.47 bits per heavy atom. The molecule has 1 amide bonds. The number of hydrogen-bond acceptors (Lipinski definition) is 4. The first-order valence-corrected chi connectivity index (χ1v) is 5.57. The molecular formula is C13H12N2O4. The van der Waals surface area contributed by atoms with Crippen LogP contribution in [0.25, 0.3) is 0 Å². The fraction of sp³-hybridized carbons (Fsp3) is 0.154. The van der Waals surface area contributed by atoms with Gasteiger partial charge in [-0.15, -0.1) is 0 Å². The molecule has 0 radical (unpaired) electrons. The minimum Gasteiger partial charge on any atom is -0.478 e. The van der Waals surface area contributed by atoms with Crippen LogP contribution in [-0.4, -0.2) is 22.0 Å². The fourth-order valence-electron chi connectivity index (χ4n) is 1.51. The van der Waals surface area contributed by atoms with Crippen molar-refractivity contribution in [2.24, 2.45) is 0 Å². The predicted octanol–water partition coefficient (Wildman–Crippen LogP) is 1.61. The van der Waals surface area contributed by atoms with Crippen LogP contribution < -0.4 is 5.32 Å². The molecule has 19 heavy (non-hydrogen) atoms. The summed E-state index contributed by atoms with van der Waals surface area (Å²) in [6.45, 7) is 2.22. The van der Waals surface area contributed by atoms with Gasteiger partial charge in [0.05, 0.1) is 5.56 Å². The fourth-order valence-corrected chi connectivity index (χ4v) is 1.51. The Balaban J connectivity index is 2.01. The van der Waals surface area contributed by atoms with Gasteiger partial charge in [-0.3, -0.25) is 9.78 Å². The first-order chi connectivity index (χ1) is 9.08. The lowest BCUT2D eigenvalue weighted by Gasteiger charge is -2.05. The highest BCUT2D eigenvalue weighted by atomic mass is 16.4. The summed E-state index contributed by atoms with van der Waals surface area (Å²) in [5, 5.41) is 11.4. The Hall–Kier alpha value is -2.63. The molecule has 2 aromatic heterocycles. The summed E-state index contributed by atoms with van der Waals surface area (Å²) in [6.07, 6.45) is 4.37. The van der Waals surface area contributed by atoms with Crippen molar-refractivity contribution in [1.82, 2.24) is 10.3 Å². The molecule has 0 bridgehead atoms. The predicted molar refractivity (Wildman–Crippen MR) is 65.8 cm³/mol. The Bertz CT molecular complexity index is 619. The van der Waals surface area contributed by atoms with Gasteiger partial charge in [0.1, 0.15) is 6.26 Å². The van der Waals surface area contributed by atoms with Crippen LogP contribution in [0.3, 0.4) is 0 Å². The summed E-state index contributed by atoms with van der Waals surface area (Å²) in [5.74, 6) is -1.62. The zero-order chi connectivity index (χ0) is 13.8. The van der Waals surface area contributed by atoms with Crippen molar-refractivity contribution in [3.63, 3.8) is 0 Å². The van der Waals surface area contributed by atoms with Crippen molar-refractivity contribution in [2.45, 2.75) is 13.5 Å². The summed E-state index contributed by atoms with van der Waals surface area (Å²) in [7, 11) is 0. The summed E-state index contributed by atoms with van der Waals surface area (Å²) >= 11 is 0. The molecule has 6 heteroatoms. The quantitative estimate of drug-likeness (QED) is 0.871. The maximum atomic E-state index is 11.7. The SMILES string of the molecule is Cc1ccncc1CNC(=O)c1cc(C(=O)O)co1. The third kappa shape index (κ3) is 2.98. The van der Waals surface area contributed by atoms with E-state index < -0.39 is 11.9 Å². The van der Waals surface area contributed by atoms with Crippen molar-refractivity contribution >= 4 is 11.9 Å². The van der Waals surface area contributed by atoms with E-state index in [1.165, 1.54) is 6.07 Å². The van der Waals surface area contributed by atoms with Crippen LogP contribution in [0.4, 0.5) is 0 Å². The summed E-state index contributed by atoms with van der Waals surface area (Å²) in [5.41, 5.74) is 1.85. The van der Waals surface area contributed by atoms with E-state index in [1.54, 1.807) is 12.4 Å². The van der Waals surface area contributed by atoms with Crippen molar-refractivity contribution < 1.29 is 19.1 Å². The number of carboxylic acids is 1. The summed E-state index contributed by atoms with van der Waals surface area (Å²) < 4.78 is 4.90. The van der Waals surface area contributed by atoms with Crippen molar-refractivity contribution in [3.8, 4) is 0 Å². The van der Waals surface area contributed by atoms with Crippen LogP contribution in [0, 0.1) is 6.92 Å². The number of hydrogen-bond donors (Lipinski definition) is 2. The van der Waals surface area contributed by atoms with Gasteiger partial charge in [0.15, 0.2) is 5.76 Å². The lowest BCUT2D eigenvalue weighted by atomic mass is 10.1. The molecule has 0 spiro atoms. The van der Waals surface area contributed by atoms with Gasteiger partial charge >= 0.3 is 5.97 Å². The zero-order valence-corrected chi connectivity index (χ0v) is 10.2. The average molecular weight is 260 g/mol. The smallest absolute Gasteiger partial charge is 0.338 e. The Kier molecular flexibility index (Phi) is 3.61. The third-order valence-electron chi connectivity index (χ3n) is 2.66. The highest BCUT2D eigenvalue weighted by Gasteiger charge is 2.14. The molecule has 2 N–H and O–H groups in total. The highest BCUT2D eigenvalue weighted by molar-refractivity contribution is 5.95. The molecule has 0 unspecified atom stereocenters. The molecular weight excluding hydrogens is 248 g/mol. The number of amides is 1. The van der Waals surface area contributed by atoms with E-state index in [1.807, 2.05) is 13.0 Å². The van der Waals surface area contributed by atoms with Crippen molar-refractivity contribution in [1.29, 1.82) is 0 Å². The minimum absolute atomic E-state index is 0.0288. The van der Waals surface area contributed by atoms with Crippen LogP contribution in [-0.2, 0) is 6.54 Å². The van der Waals surface area contributed by atoms with Gasteiger partial charge in [0, 0.05) is 25.0 Å². The number of furan rings is 1. The molecule has 0 aliphatic carbocycles. The lowest BCUT2D eigenvalue weighted by molar-refractivity contribution is 0.0696. The molecule has 0 aromatic carbocycles. The van der Waals surface area contributed by atoms with E-state index in [9.17, 15) is 9.59 Å². The number of pyridine rings is 1. The number of carboxylic acid groups (broad SMARTS) is 1. The van der Waals surface area contributed by atoms with Gasteiger partial charge in [-0.2, -0.15) is 0 Å². The van der Waals surface area contributed by atoms with E-state index in [4.69, 9.17) is 9.52 Å². The largest absolute Gasteiger partial charge is 0.478 e. The second-order valence-electron chi connectivity index (χ2n) is 3.99. The van der Waals surface area contributed by atoms with Gasteiger partial charge in [-0.25, -0.2) is 4.79 Å². The van der Waals surface area contributed by atoms with E-state index in [-0.39, 0.29) is 11.3 Å². The molecule has 2 aromatic rings. The zero-order valence-electron chi connectivity index (χ0n) is 10.2. The van der Waals surface area contributed by atoms with E-state index in [2.05, 4.69) is 10.3 Å². The number of carbonyl (C=O) groups is 2. The van der Waals surface area contributed by atoms with Crippen LogP contribution in [0.5, 0.6) is 0 Å². The standard InChI is InChI=1S/C13H12N2O4/c1-8-2-3-14-5-10(8)6-15-12(16)11-4-9(7-19-11)13(17)18/h2-5,7H,6H2,1H3,(H,15,16)(H,17,18). The number of aryl methyl sites for hydroxylation is 1. The van der Waals surface area contributed by atoms with E-state index in [0.29, 0.717) is 6.54 Å². The average Bonchev–Trinajstić information content (AvgIpc) is 2.87. The van der Waals surface area contributed by atoms with Gasteiger partial charge in [0.2, 0.25) is 0 Å². The molecule has 2 rings (SSSR count). The molecule has 0 saturated carbocycles. The molecule has 0 saturated heterocycles. The maximum absolute atomic E-state index is 11.7. The van der Waals surface area contributed by atoms with Crippen molar-refractivity contribution in [3.05, 3.63) is 53.2 Å². The van der Waals surface area contributed by atoms with Gasteiger partial charge in [-0.05, 0) is 24.1 Å². The number of nitrogens with one attached hydrogen (secondary N) is 1. The second-order valence-corrected chi connectivity index (χ2v) is 3.99. The Morgan fingerprint density at radius 3 is 2.89 bits per heavy atom. The number of rotatable bonds is 4. The van der Waals surface area contributed by atoms with Crippen molar-refractivity contribution in [2.75, 3.05) is 0 Å². The first kappa shape index (κ1) is 12.8. The van der Waals surface area contributed by atoms with Crippen LogP contribution >= 0.6 is 0 Å². The monoisotopic (exact) mass is 260 g/mol. The van der Waals surface area contributed by atoms with E-state index in [0.717, 1.165) is 17.4 Å². The number of aromatic nitrogens is 1. The van der Waals surface area contributed by atoms with Gasteiger partial charge in [0.25, 0.3) is 5.91 Å². The highest BCUT2D eigenvalue weighted by Crippen LogP contribution is 2.09. The first-order valence-electron chi connectivity index (χ1n) is 5.57. The molecule has 0 aliphatic rings. The van der Waals surface area contributed by atoms with Gasteiger partial charge in [-0.1, -0.05) is 0 Å². The van der Waals surface area contributed by atoms with Gasteiger partial charge < -0.3 is 14.8 Å². The second kappa shape index (κ2) is 5.34. The van der Waals surface area contributed by atoms with E-state index >= 15 is 0 Å². The summed E-state index contributed by atoms with van der Waals surface area (Å²) in [4.78, 5) is 26.4. The van der Waals surface area contributed by atoms with Crippen LogP contribution in [0.2, 0.25) is 0 Å². The molecule has 98 valence electrons. The third-order valence-corrected chi connectivity index (χ3v) is 2.66. The topological polar surface area (TPSA) is 92.4 Å². The Morgan fingerprint density at radius 2 is 2.26 bits per heavy atom. The normalized spacial score (nSPS) is 10.2. The van der Waals surface area contributed by atoms with Crippen LogP contribution in [0.1, 0.15) is 32.0 Å². The maximum Gasteiger partial charge on any atom is 0.338 e. The number of nitrogens with zero attached hydrogens (tertiary/aromatic N) is 1. The number of aromatic carboxylic acids is 1. The minimum atomic E-state index is -1.13. The Labute approximate surface area is 109 Å². The molecule has 6 nitrogen and oxygen atoms in total. The molecule has 0 aliphatic heterocycles. The summed E-state index contributed by atoms with van der Waals surface area (Å²) in [6, 6.07) is 3.03. The molecule has 0 atom stereocenters.